The largest absolute Gasteiger partial charge is 0.493 e. The topological polar surface area (TPSA) is 198 Å². The van der Waals surface area contributed by atoms with Gasteiger partial charge in [0.25, 0.3) is 30.4 Å². The third-order valence-electron chi connectivity index (χ3n) is 3.40. The Labute approximate surface area is 155 Å². The van der Waals surface area contributed by atoms with E-state index in [0.717, 1.165) is 24.3 Å². The van der Waals surface area contributed by atoms with E-state index in [9.17, 15) is 34.4 Å². The van der Waals surface area contributed by atoms with Crippen molar-refractivity contribution in [3.8, 4) is 5.75 Å². The van der Waals surface area contributed by atoms with Crippen LogP contribution in [-0.4, -0.2) is 51.3 Å². The first kappa shape index (κ1) is 21.3. The van der Waals surface area contributed by atoms with Crippen LogP contribution in [0.1, 0.15) is 6.42 Å². The van der Waals surface area contributed by atoms with Crippen molar-refractivity contribution < 1.29 is 43.6 Å². The molecule has 11 nitrogen and oxygen atoms in total. The number of hydrogen-bond donors (Lipinski definition) is 4. The molecule has 0 saturated carbocycles. The molecule has 0 bridgehead atoms. The van der Waals surface area contributed by atoms with Crippen LogP contribution in [0.5, 0.6) is 5.75 Å². The standard InChI is InChI=1S/C13H15NO10S3/c14-11-7-10-8(5-13(11)27(21,22)23)4-9(26(18,19)20)6-12(10)24-2-1-3-25(15,16)17/h4-7H,1-3,14H2,(H,15,16,17)(H,18,19,20)(H,21,22,23). The number of nitrogen functional groups attached to an aromatic ring is 1. The molecule has 0 unspecified atom stereocenters. The average Bonchev–Trinajstić information content (AvgIpc) is 2.47. The molecule has 0 aliphatic heterocycles. The molecule has 0 spiro atoms. The summed E-state index contributed by atoms with van der Waals surface area (Å²) in [5, 5.41) is 0.121. The fraction of sp³-hybridized carbons (Fsp3) is 0.231. The molecule has 0 atom stereocenters. The minimum Gasteiger partial charge on any atom is -0.493 e. The second-order valence-electron chi connectivity index (χ2n) is 5.47. The first-order valence-corrected chi connectivity index (χ1v) is 11.6. The van der Waals surface area contributed by atoms with Crippen LogP contribution in [-0.2, 0) is 30.4 Å². The first-order valence-electron chi connectivity index (χ1n) is 7.09. The molecule has 5 N–H and O–H groups in total. The number of anilines is 1. The van der Waals surface area contributed by atoms with Gasteiger partial charge in [0.2, 0.25) is 0 Å². The zero-order chi connectivity index (χ0) is 20.6. The molecular formula is C13H15NO10S3. The molecule has 0 saturated heterocycles. The molecule has 0 aliphatic carbocycles. The van der Waals surface area contributed by atoms with Crippen molar-refractivity contribution >= 4 is 46.8 Å². The highest BCUT2D eigenvalue weighted by atomic mass is 32.2. The highest BCUT2D eigenvalue weighted by Gasteiger charge is 2.20. The summed E-state index contributed by atoms with van der Waals surface area (Å²) in [7, 11) is -13.6. The lowest BCUT2D eigenvalue weighted by atomic mass is 10.1. The zero-order valence-electron chi connectivity index (χ0n) is 13.4. The van der Waals surface area contributed by atoms with Gasteiger partial charge in [0, 0.05) is 11.5 Å². The SMILES string of the molecule is Nc1cc2c(OCCCS(=O)(=O)O)cc(S(=O)(=O)O)cc2cc1S(=O)(=O)O. The van der Waals surface area contributed by atoms with Crippen molar-refractivity contribution in [1.29, 1.82) is 0 Å². The Bertz CT molecular complexity index is 1200. The smallest absolute Gasteiger partial charge is 0.296 e. The van der Waals surface area contributed by atoms with Crippen molar-refractivity contribution in [2.24, 2.45) is 0 Å². The Morgan fingerprint density at radius 1 is 0.889 bits per heavy atom. The maximum Gasteiger partial charge on any atom is 0.296 e. The Kier molecular flexibility index (Phi) is 5.70. The number of rotatable bonds is 7. The van der Waals surface area contributed by atoms with E-state index in [4.69, 9.17) is 15.0 Å². The fourth-order valence-electron chi connectivity index (χ4n) is 2.26. The summed E-state index contributed by atoms with van der Waals surface area (Å²) in [6, 6.07) is 3.91. The van der Waals surface area contributed by atoms with Gasteiger partial charge in [0.05, 0.1) is 22.9 Å². The number of fused-ring (bicyclic) bond motifs is 1. The molecule has 2 rings (SSSR count). The van der Waals surface area contributed by atoms with Crippen molar-refractivity contribution in [2.75, 3.05) is 18.1 Å². The number of ether oxygens (including phenoxy) is 1. The molecular weight excluding hydrogens is 426 g/mol. The van der Waals surface area contributed by atoms with E-state index in [1.54, 1.807) is 0 Å². The Hall–Kier alpha value is -1.97. The normalized spacial score (nSPS) is 13.0. The quantitative estimate of drug-likeness (QED) is 0.266. The van der Waals surface area contributed by atoms with Crippen molar-refractivity contribution in [2.45, 2.75) is 16.2 Å². The monoisotopic (exact) mass is 441 g/mol. The summed E-state index contributed by atoms with van der Waals surface area (Å²) >= 11 is 0. The molecule has 14 heteroatoms. The van der Waals surface area contributed by atoms with E-state index >= 15 is 0 Å². The summed E-state index contributed by atoms with van der Waals surface area (Å²) in [6.45, 7) is -0.246. The Balaban J connectivity index is 2.58. The molecule has 0 amide bonds. The molecule has 0 aromatic heterocycles. The maximum absolute atomic E-state index is 11.4. The van der Waals surface area contributed by atoms with Crippen LogP contribution >= 0.6 is 0 Å². The minimum atomic E-state index is -4.70. The lowest BCUT2D eigenvalue weighted by Crippen LogP contribution is -2.09. The maximum atomic E-state index is 11.4. The van der Waals surface area contributed by atoms with E-state index in [-0.39, 0.29) is 35.2 Å². The molecule has 0 aliphatic rings. The minimum absolute atomic E-state index is 0.0308. The van der Waals surface area contributed by atoms with Crippen molar-refractivity contribution in [1.82, 2.24) is 0 Å². The highest BCUT2D eigenvalue weighted by Crippen LogP contribution is 2.34. The van der Waals surface area contributed by atoms with E-state index in [2.05, 4.69) is 0 Å². The van der Waals surface area contributed by atoms with Crippen LogP contribution in [0.2, 0.25) is 0 Å². The molecule has 0 fully saturated rings. The second-order valence-corrected chi connectivity index (χ2v) is 9.85. The van der Waals surface area contributed by atoms with Crippen LogP contribution in [0.3, 0.4) is 0 Å². The molecule has 2 aromatic rings. The van der Waals surface area contributed by atoms with Crippen molar-refractivity contribution in [3.05, 3.63) is 24.3 Å². The Morgan fingerprint density at radius 3 is 2.04 bits per heavy atom. The van der Waals surface area contributed by atoms with E-state index in [1.807, 2.05) is 0 Å². The molecule has 2 aromatic carbocycles. The van der Waals surface area contributed by atoms with Crippen LogP contribution < -0.4 is 10.5 Å². The lowest BCUT2D eigenvalue weighted by molar-refractivity contribution is 0.319. The Morgan fingerprint density at radius 2 is 1.52 bits per heavy atom. The van der Waals surface area contributed by atoms with Crippen molar-refractivity contribution in [3.63, 3.8) is 0 Å². The van der Waals surface area contributed by atoms with E-state index < -0.39 is 45.9 Å². The van der Waals surface area contributed by atoms with Gasteiger partial charge in [-0.25, -0.2) is 0 Å². The molecule has 0 radical (unpaired) electrons. The van der Waals surface area contributed by atoms with Gasteiger partial charge in [0.1, 0.15) is 10.6 Å². The summed E-state index contributed by atoms with van der Waals surface area (Å²) in [5.41, 5.74) is 5.26. The van der Waals surface area contributed by atoms with Gasteiger partial charge in [-0.15, -0.1) is 0 Å². The van der Waals surface area contributed by atoms with Crippen LogP contribution in [0.4, 0.5) is 5.69 Å². The van der Waals surface area contributed by atoms with E-state index in [1.165, 1.54) is 0 Å². The van der Waals surface area contributed by atoms with Crippen LogP contribution in [0.25, 0.3) is 10.8 Å². The zero-order valence-corrected chi connectivity index (χ0v) is 15.9. The molecule has 0 heterocycles. The lowest BCUT2D eigenvalue weighted by Gasteiger charge is -2.13. The van der Waals surface area contributed by atoms with Gasteiger partial charge in [-0.3, -0.25) is 13.7 Å². The number of nitrogens with two attached hydrogens (primary N) is 1. The highest BCUT2D eigenvalue weighted by molar-refractivity contribution is 7.86. The molecule has 27 heavy (non-hydrogen) atoms. The summed E-state index contributed by atoms with van der Waals surface area (Å²) < 4.78 is 99.5. The summed E-state index contributed by atoms with van der Waals surface area (Å²) in [6.07, 6.45) is -0.130. The number of benzene rings is 2. The second kappa shape index (κ2) is 7.21. The third-order valence-corrected chi connectivity index (χ3v) is 5.94. The predicted octanol–water partition coefficient (Wildman–Crippen LogP) is 0.572. The number of hydrogen-bond acceptors (Lipinski definition) is 8. The summed E-state index contributed by atoms with van der Waals surface area (Å²) in [5.74, 6) is -0.734. The first-order chi connectivity index (χ1) is 12.2. The predicted molar refractivity (Wildman–Crippen MR) is 94.5 cm³/mol. The van der Waals surface area contributed by atoms with Gasteiger partial charge in [-0.05, 0) is 30.0 Å². The van der Waals surface area contributed by atoms with Gasteiger partial charge in [0.15, 0.2) is 0 Å². The van der Waals surface area contributed by atoms with Gasteiger partial charge in [-0.1, -0.05) is 0 Å². The molecule has 150 valence electrons. The van der Waals surface area contributed by atoms with Crippen LogP contribution in [0, 0.1) is 0 Å². The van der Waals surface area contributed by atoms with Gasteiger partial charge >= 0.3 is 0 Å². The van der Waals surface area contributed by atoms with Gasteiger partial charge in [-0.2, -0.15) is 25.3 Å². The average molecular weight is 441 g/mol. The van der Waals surface area contributed by atoms with E-state index in [0.29, 0.717) is 0 Å². The van der Waals surface area contributed by atoms with Gasteiger partial charge < -0.3 is 10.5 Å². The fourth-order valence-corrected chi connectivity index (χ4v) is 3.91. The van der Waals surface area contributed by atoms with Crippen LogP contribution in [0.15, 0.2) is 34.1 Å². The summed E-state index contributed by atoms with van der Waals surface area (Å²) in [4.78, 5) is -1.29. The third kappa shape index (κ3) is 5.50.